The highest BCUT2D eigenvalue weighted by Gasteiger charge is 2.26. The summed E-state index contributed by atoms with van der Waals surface area (Å²) in [6.07, 6.45) is 5.56. The van der Waals surface area contributed by atoms with E-state index >= 15 is 0 Å². The fourth-order valence-electron chi connectivity index (χ4n) is 4.23. The van der Waals surface area contributed by atoms with Gasteiger partial charge in [-0.2, -0.15) is 0 Å². The van der Waals surface area contributed by atoms with Gasteiger partial charge in [0.05, 0.1) is 53.5 Å². The van der Waals surface area contributed by atoms with Crippen LogP contribution in [0.2, 0.25) is 0 Å². The van der Waals surface area contributed by atoms with E-state index in [9.17, 15) is 23.3 Å². The zero-order chi connectivity index (χ0) is 28.9. The lowest BCUT2D eigenvalue weighted by atomic mass is 10.1. The highest BCUT2D eigenvalue weighted by atomic mass is 32.2. The summed E-state index contributed by atoms with van der Waals surface area (Å²) < 4.78 is 44.6. The molecule has 0 N–H and O–H groups in total. The molecule has 0 fully saturated rings. The van der Waals surface area contributed by atoms with Gasteiger partial charge in [0, 0.05) is 17.0 Å². The normalized spacial score (nSPS) is 11.8. The largest absolute Gasteiger partial charge is 0.493 e. The molecule has 0 aliphatic heterocycles. The van der Waals surface area contributed by atoms with Crippen LogP contribution in [-0.4, -0.2) is 44.1 Å². The Morgan fingerprint density at radius 2 is 1.60 bits per heavy atom. The van der Waals surface area contributed by atoms with E-state index in [1.165, 1.54) is 62.8 Å². The standard InChI is InChI=1S/C29H26N2O8S/c1-4-39-29(32)17-15-23-22-12-8-9-13-24(22)30(40(35,36)21-10-6-5-7-11-21)25(23)16-14-20-18-27(37-2)28(38-3)19-26(20)31(33)34/h5-19H,4H2,1-3H3/b16-14+,17-15+. The minimum atomic E-state index is -4.14. The number of rotatable bonds is 10. The lowest BCUT2D eigenvalue weighted by molar-refractivity contribution is -0.385. The van der Waals surface area contributed by atoms with Gasteiger partial charge in [-0.25, -0.2) is 17.2 Å². The number of nitro groups is 1. The van der Waals surface area contributed by atoms with E-state index in [2.05, 4.69) is 0 Å². The summed E-state index contributed by atoms with van der Waals surface area (Å²) in [6.45, 7) is 1.84. The number of carbonyl (C=O) groups is 1. The second-order valence-corrected chi connectivity index (χ2v) is 10.1. The quantitative estimate of drug-likeness (QED) is 0.107. The number of para-hydroxylation sites is 1. The fourth-order valence-corrected chi connectivity index (χ4v) is 5.78. The molecule has 0 unspecified atom stereocenters. The molecule has 4 rings (SSSR count). The van der Waals surface area contributed by atoms with Gasteiger partial charge in [-0.05, 0) is 49.4 Å². The first-order chi connectivity index (χ1) is 19.2. The number of methoxy groups -OCH3 is 2. The number of hydrogen-bond donors (Lipinski definition) is 0. The van der Waals surface area contributed by atoms with Crippen molar-refractivity contribution in [2.24, 2.45) is 0 Å². The zero-order valence-electron chi connectivity index (χ0n) is 21.9. The number of carbonyl (C=O) groups excluding carboxylic acids is 1. The Bertz CT molecular complexity index is 1740. The van der Waals surface area contributed by atoms with Crippen LogP contribution in [0.25, 0.3) is 29.1 Å². The van der Waals surface area contributed by atoms with E-state index in [0.717, 1.165) is 3.97 Å². The first-order valence-corrected chi connectivity index (χ1v) is 13.5. The maximum atomic E-state index is 14.0. The second-order valence-electron chi connectivity index (χ2n) is 8.34. The molecule has 1 heterocycles. The molecule has 1 aromatic heterocycles. The van der Waals surface area contributed by atoms with E-state index in [1.54, 1.807) is 49.4 Å². The fraction of sp³-hybridized carbons (Fsp3) is 0.138. The van der Waals surface area contributed by atoms with E-state index in [1.807, 2.05) is 0 Å². The number of nitrogens with zero attached hydrogens (tertiary/aromatic N) is 2. The maximum Gasteiger partial charge on any atom is 0.330 e. The Labute approximate surface area is 230 Å². The summed E-state index contributed by atoms with van der Waals surface area (Å²) in [5.41, 5.74) is 0.816. The van der Waals surface area contributed by atoms with Crippen molar-refractivity contribution in [1.82, 2.24) is 3.97 Å². The van der Waals surface area contributed by atoms with Crippen molar-refractivity contribution in [2.75, 3.05) is 20.8 Å². The molecule has 40 heavy (non-hydrogen) atoms. The Kier molecular flexibility index (Phi) is 8.34. The Morgan fingerprint density at radius 1 is 0.950 bits per heavy atom. The van der Waals surface area contributed by atoms with Crippen molar-refractivity contribution < 1.29 is 32.3 Å². The SMILES string of the molecule is CCOC(=O)/C=C/c1c(/C=C/c2cc(OC)c(OC)cc2[N+](=O)[O-])n(S(=O)(=O)c2ccccc2)c2ccccc12. The highest BCUT2D eigenvalue weighted by molar-refractivity contribution is 7.90. The Hall–Kier alpha value is -4.90. The molecule has 0 radical (unpaired) electrons. The highest BCUT2D eigenvalue weighted by Crippen LogP contribution is 2.37. The van der Waals surface area contributed by atoms with Gasteiger partial charge >= 0.3 is 5.97 Å². The first kappa shape index (κ1) is 28.1. The number of fused-ring (bicyclic) bond motifs is 1. The molecule has 0 amide bonds. The van der Waals surface area contributed by atoms with Gasteiger partial charge in [0.1, 0.15) is 0 Å². The molecule has 3 aromatic carbocycles. The number of ether oxygens (including phenoxy) is 3. The third-order valence-electron chi connectivity index (χ3n) is 6.01. The summed E-state index contributed by atoms with van der Waals surface area (Å²) in [6, 6.07) is 17.4. The average molecular weight is 563 g/mol. The van der Waals surface area contributed by atoms with E-state index < -0.39 is 20.9 Å². The third kappa shape index (κ3) is 5.45. The molecule has 10 nitrogen and oxygen atoms in total. The summed E-state index contributed by atoms with van der Waals surface area (Å²) in [4.78, 5) is 23.5. The molecule has 0 atom stereocenters. The monoisotopic (exact) mass is 562 g/mol. The van der Waals surface area contributed by atoms with Crippen LogP contribution in [0.4, 0.5) is 5.69 Å². The van der Waals surface area contributed by atoms with Crippen molar-refractivity contribution in [3.8, 4) is 11.5 Å². The van der Waals surface area contributed by atoms with Gasteiger partial charge in [0.25, 0.3) is 15.7 Å². The van der Waals surface area contributed by atoms with Crippen molar-refractivity contribution in [3.63, 3.8) is 0 Å². The van der Waals surface area contributed by atoms with Gasteiger partial charge in [-0.3, -0.25) is 10.1 Å². The van der Waals surface area contributed by atoms with Gasteiger partial charge in [0.2, 0.25) is 0 Å². The van der Waals surface area contributed by atoms with Crippen molar-refractivity contribution >= 4 is 50.8 Å². The van der Waals surface area contributed by atoms with Crippen LogP contribution in [0.5, 0.6) is 11.5 Å². The zero-order valence-corrected chi connectivity index (χ0v) is 22.8. The van der Waals surface area contributed by atoms with Gasteiger partial charge in [0.15, 0.2) is 11.5 Å². The van der Waals surface area contributed by atoms with Crippen LogP contribution in [0.3, 0.4) is 0 Å². The molecule has 0 aliphatic rings. The molecule has 11 heteroatoms. The molecular weight excluding hydrogens is 536 g/mol. The van der Waals surface area contributed by atoms with E-state index in [0.29, 0.717) is 16.5 Å². The lowest BCUT2D eigenvalue weighted by Gasteiger charge is -2.11. The summed E-state index contributed by atoms with van der Waals surface area (Å²) in [5, 5.41) is 12.4. The maximum absolute atomic E-state index is 14.0. The Balaban J connectivity index is 2.04. The smallest absolute Gasteiger partial charge is 0.330 e. The predicted octanol–water partition coefficient (Wildman–Crippen LogP) is 5.55. The predicted molar refractivity (Wildman–Crippen MR) is 152 cm³/mol. The van der Waals surface area contributed by atoms with Crippen LogP contribution in [0.1, 0.15) is 23.7 Å². The van der Waals surface area contributed by atoms with Crippen LogP contribution < -0.4 is 9.47 Å². The minimum Gasteiger partial charge on any atom is -0.493 e. The van der Waals surface area contributed by atoms with Crippen LogP contribution in [0.15, 0.2) is 77.7 Å². The number of benzene rings is 3. The van der Waals surface area contributed by atoms with Crippen LogP contribution in [-0.2, 0) is 19.6 Å². The van der Waals surface area contributed by atoms with Crippen molar-refractivity contribution in [3.05, 3.63) is 99.7 Å². The molecule has 0 saturated carbocycles. The van der Waals surface area contributed by atoms with Crippen molar-refractivity contribution in [1.29, 1.82) is 0 Å². The number of esters is 1. The molecule has 0 bridgehead atoms. The van der Waals surface area contributed by atoms with Gasteiger partial charge < -0.3 is 14.2 Å². The topological polar surface area (TPSA) is 127 Å². The molecule has 0 aliphatic carbocycles. The summed E-state index contributed by atoms with van der Waals surface area (Å²) in [7, 11) is -1.37. The Morgan fingerprint density at radius 3 is 2.25 bits per heavy atom. The molecule has 4 aromatic rings. The minimum absolute atomic E-state index is 0.0448. The van der Waals surface area contributed by atoms with Gasteiger partial charge in [-0.15, -0.1) is 0 Å². The van der Waals surface area contributed by atoms with E-state index in [-0.39, 0.29) is 39.9 Å². The summed E-state index contributed by atoms with van der Waals surface area (Å²) >= 11 is 0. The lowest BCUT2D eigenvalue weighted by Crippen LogP contribution is -2.14. The molecule has 0 saturated heterocycles. The number of nitro benzene ring substituents is 1. The number of aromatic nitrogens is 1. The third-order valence-corrected chi connectivity index (χ3v) is 7.75. The second kappa shape index (κ2) is 11.9. The van der Waals surface area contributed by atoms with Crippen LogP contribution >= 0.6 is 0 Å². The molecular formula is C29H26N2O8S. The molecule has 0 spiro atoms. The van der Waals surface area contributed by atoms with Gasteiger partial charge in [-0.1, -0.05) is 36.4 Å². The average Bonchev–Trinajstić information content (AvgIpc) is 3.28. The number of hydrogen-bond acceptors (Lipinski definition) is 8. The van der Waals surface area contributed by atoms with Crippen molar-refractivity contribution in [2.45, 2.75) is 11.8 Å². The molecule has 206 valence electrons. The first-order valence-electron chi connectivity index (χ1n) is 12.1. The van der Waals surface area contributed by atoms with Crippen LogP contribution in [0, 0.1) is 10.1 Å². The summed E-state index contributed by atoms with van der Waals surface area (Å²) in [5.74, 6) is -0.173. The van der Waals surface area contributed by atoms with E-state index in [4.69, 9.17) is 14.2 Å².